The predicted octanol–water partition coefficient (Wildman–Crippen LogP) is 0.158. The smallest absolute Gasteiger partial charge is 0.264 e. The molecule has 0 aliphatic carbocycles. The van der Waals surface area contributed by atoms with Crippen LogP contribution in [0.15, 0.2) is 18.2 Å². The summed E-state index contributed by atoms with van der Waals surface area (Å²) in [7, 11) is 0. The Balaban J connectivity index is 0.00000274. The van der Waals surface area contributed by atoms with Crippen LogP contribution in [-0.2, 0) is 14.4 Å². The van der Waals surface area contributed by atoms with Crippen LogP contribution in [0.2, 0.25) is 0 Å². The van der Waals surface area contributed by atoms with Crippen LogP contribution < -0.4 is 15.5 Å². The fourth-order valence-electron chi connectivity index (χ4n) is 5.30. The number of anilines is 1. The molecule has 34 heavy (non-hydrogen) atoms. The number of piperidine rings is 2. The number of carbonyl (C=O) groups is 5. The first-order valence-electron chi connectivity index (χ1n) is 11.5. The van der Waals surface area contributed by atoms with Gasteiger partial charge in [-0.2, -0.15) is 0 Å². The molecular formula is C23H28ClN5O5. The highest BCUT2D eigenvalue weighted by molar-refractivity contribution is 6.25. The number of benzene rings is 1. The molecule has 3 saturated heterocycles. The van der Waals surface area contributed by atoms with Crippen LogP contribution in [-0.4, -0.2) is 84.6 Å². The molecule has 0 bridgehead atoms. The van der Waals surface area contributed by atoms with Gasteiger partial charge in [0.2, 0.25) is 17.7 Å². The molecule has 4 aliphatic rings. The van der Waals surface area contributed by atoms with E-state index in [4.69, 9.17) is 0 Å². The van der Waals surface area contributed by atoms with Gasteiger partial charge in [0.15, 0.2) is 0 Å². The van der Waals surface area contributed by atoms with Gasteiger partial charge in [0.05, 0.1) is 22.7 Å². The van der Waals surface area contributed by atoms with Gasteiger partial charge in [-0.25, -0.2) is 0 Å². The first kappa shape index (κ1) is 24.2. The van der Waals surface area contributed by atoms with Gasteiger partial charge in [0, 0.05) is 45.7 Å². The zero-order valence-electron chi connectivity index (χ0n) is 18.7. The molecule has 0 aromatic heterocycles. The van der Waals surface area contributed by atoms with Crippen LogP contribution in [0, 0.1) is 5.92 Å². The summed E-state index contributed by atoms with van der Waals surface area (Å²) >= 11 is 0. The lowest BCUT2D eigenvalue weighted by Gasteiger charge is -2.38. The van der Waals surface area contributed by atoms with Crippen LogP contribution in [0.4, 0.5) is 5.69 Å². The molecule has 10 nitrogen and oxygen atoms in total. The molecule has 5 rings (SSSR count). The molecule has 2 atom stereocenters. The van der Waals surface area contributed by atoms with Crippen molar-refractivity contribution in [3.8, 4) is 0 Å². The molecule has 0 radical (unpaired) electrons. The topological polar surface area (TPSA) is 119 Å². The summed E-state index contributed by atoms with van der Waals surface area (Å²) < 4.78 is 0. The fourth-order valence-corrected chi connectivity index (χ4v) is 5.30. The van der Waals surface area contributed by atoms with E-state index < -0.39 is 29.7 Å². The molecule has 0 saturated carbocycles. The molecule has 2 N–H and O–H groups in total. The van der Waals surface area contributed by atoms with Gasteiger partial charge in [-0.1, -0.05) is 6.07 Å². The number of hydrogen-bond acceptors (Lipinski definition) is 7. The average Bonchev–Trinajstić information content (AvgIpc) is 3.09. The third-order valence-corrected chi connectivity index (χ3v) is 6.99. The molecule has 5 amide bonds. The van der Waals surface area contributed by atoms with Gasteiger partial charge >= 0.3 is 0 Å². The van der Waals surface area contributed by atoms with E-state index in [0.717, 1.165) is 30.8 Å². The minimum atomic E-state index is -0.994. The minimum absolute atomic E-state index is 0. The van der Waals surface area contributed by atoms with Crippen LogP contribution in [0.25, 0.3) is 0 Å². The largest absolute Gasteiger partial charge is 0.370 e. The number of fused-ring (bicyclic) bond motifs is 1. The van der Waals surface area contributed by atoms with Crippen LogP contribution in [0.1, 0.15) is 46.4 Å². The summed E-state index contributed by atoms with van der Waals surface area (Å²) in [6.07, 6.45) is 1.81. The van der Waals surface area contributed by atoms with E-state index in [1.807, 2.05) is 9.80 Å². The summed E-state index contributed by atoms with van der Waals surface area (Å²) in [6, 6.07) is 4.13. The SMILES string of the molecule is Cl.O=C1CCC(N2C(=O)c3cccc(N4CCCC(C(=O)N5CCNCC5)C4)c3C2=O)C(=O)N1. The van der Waals surface area contributed by atoms with Crippen LogP contribution in [0.3, 0.4) is 0 Å². The van der Waals surface area contributed by atoms with Gasteiger partial charge in [-0.3, -0.25) is 34.2 Å². The van der Waals surface area contributed by atoms with E-state index in [9.17, 15) is 24.0 Å². The van der Waals surface area contributed by atoms with Gasteiger partial charge in [-0.05, 0) is 31.4 Å². The maximum absolute atomic E-state index is 13.4. The van der Waals surface area contributed by atoms with E-state index >= 15 is 0 Å². The number of hydrogen-bond donors (Lipinski definition) is 2. The van der Waals surface area contributed by atoms with Crippen LogP contribution in [0.5, 0.6) is 0 Å². The summed E-state index contributed by atoms with van der Waals surface area (Å²) in [5.41, 5.74) is 1.17. The average molecular weight is 490 g/mol. The van der Waals surface area contributed by atoms with Gasteiger partial charge in [0.25, 0.3) is 11.8 Å². The van der Waals surface area contributed by atoms with Crippen molar-refractivity contribution in [1.29, 1.82) is 0 Å². The van der Waals surface area contributed by atoms with Crippen molar-refractivity contribution in [1.82, 2.24) is 20.4 Å². The number of carbonyl (C=O) groups excluding carboxylic acids is 5. The Kier molecular flexibility index (Phi) is 6.90. The molecular weight excluding hydrogens is 462 g/mol. The number of amides is 5. The van der Waals surface area contributed by atoms with Crippen molar-refractivity contribution >= 4 is 47.6 Å². The maximum Gasteiger partial charge on any atom is 0.264 e. The molecule has 4 heterocycles. The van der Waals surface area contributed by atoms with Crippen molar-refractivity contribution in [2.75, 3.05) is 44.2 Å². The van der Waals surface area contributed by atoms with Gasteiger partial charge in [-0.15, -0.1) is 12.4 Å². The zero-order chi connectivity index (χ0) is 23.1. The Morgan fingerprint density at radius 3 is 2.47 bits per heavy atom. The molecule has 1 aromatic carbocycles. The van der Waals surface area contributed by atoms with Gasteiger partial charge in [0.1, 0.15) is 6.04 Å². The molecule has 3 fully saturated rings. The van der Waals surface area contributed by atoms with E-state index in [0.29, 0.717) is 31.9 Å². The van der Waals surface area contributed by atoms with E-state index in [1.165, 1.54) is 0 Å². The number of nitrogens with one attached hydrogen (secondary N) is 2. The van der Waals surface area contributed by atoms with Crippen LogP contribution >= 0.6 is 12.4 Å². The Labute approximate surface area is 203 Å². The highest BCUT2D eigenvalue weighted by atomic mass is 35.5. The minimum Gasteiger partial charge on any atom is -0.370 e. The Morgan fingerprint density at radius 2 is 1.74 bits per heavy atom. The first-order chi connectivity index (χ1) is 16.0. The van der Waals surface area contributed by atoms with Crippen molar-refractivity contribution in [3.63, 3.8) is 0 Å². The lowest BCUT2D eigenvalue weighted by atomic mass is 9.94. The first-order valence-corrected chi connectivity index (χ1v) is 11.5. The Hall–Kier alpha value is -2.98. The van der Waals surface area contributed by atoms with E-state index in [2.05, 4.69) is 10.6 Å². The monoisotopic (exact) mass is 489 g/mol. The molecule has 2 unspecified atom stereocenters. The fraction of sp³-hybridized carbons (Fsp3) is 0.522. The number of nitrogens with zero attached hydrogens (tertiary/aromatic N) is 3. The quantitative estimate of drug-likeness (QED) is 0.580. The number of rotatable bonds is 3. The second-order valence-electron chi connectivity index (χ2n) is 9.01. The third-order valence-electron chi connectivity index (χ3n) is 6.99. The Morgan fingerprint density at radius 1 is 0.971 bits per heavy atom. The molecule has 0 spiro atoms. The number of piperazine rings is 1. The van der Waals surface area contributed by atoms with Crippen molar-refractivity contribution in [3.05, 3.63) is 29.3 Å². The summed E-state index contributed by atoms with van der Waals surface area (Å²) in [6.45, 7) is 4.15. The highest BCUT2D eigenvalue weighted by Gasteiger charge is 2.46. The van der Waals surface area contributed by atoms with Crippen molar-refractivity contribution in [2.24, 2.45) is 5.92 Å². The molecule has 11 heteroatoms. The normalized spacial score (nSPS) is 25.1. The predicted molar refractivity (Wildman–Crippen MR) is 125 cm³/mol. The number of halogens is 1. The third kappa shape index (κ3) is 4.16. The molecule has 182 valence electrons. The highest BCUT2D eigenvalue weighted by Crippen LogP contribution is 2.36. The van der Waals surface area contributed by atoms with Crippen molar-refractivity contribution in [2.45, 2.75) is 31.7 Å². The summed E-state index contributed by atoms with van der Waals surface area (Å²) in [5, 5.41) is 5.48. The molecule has 4 aliphatic heterocycles. The summed E-state index contributed by atoms with van der Waals surface area (Å²) in [4.78, 5) is 68.3. The second-order valence-corrected chi connectivity index (χ2v) is 9.01. The lowest BCUT2D eigenvalue weighted by Crippen LogP contribution is -2.54. The van der Waals surface area contributed by atoms with Crippen molar-refractivity contribution < 1.29 is 24.0 Å². The zero-order valence-corrected chi connectivity index (χ0v) is 19.6. The number of imide groups is 2. The standard InChI is InChI=1S/C23H27N5O5.ClH/c29-18-7-6-17(20(30)25-18)28-22(32)15-4-1-5-16(19(15)23(28)33)27-10-2-3-14(13-27)21(31)26-11-8-24-9-12-26;/h1,4-5,14,17,24H,2-3,6-13H2,(H,25,29,30);1H. The maximum atomic E-state index is 13.4. The Bertz CT molecular complexity index is 1040. The van der Waals surface area contributed by atoms with Gasteiger partial charge < -0.3 is 15.1 Å². The van der Waals surface area contributed by atoms with E-state index in [-0.39, 0.29) is 48.2 Å². The molecule has 1 aromatic rings. The summed E-state index contributed by atoms with van der Waals surface area (Å²) in [5.74, 6) is -2.08. The second kappa shape index (κ2) is 9.71. The van der Waals surface area contributed by atoms with E-state index in [1.54, 1.807) is 18.2 Å². The lowest BCUT2D eigenvalue weighted by molar-refractivity contribution is -0.137.